The van der Waals surface area contributed by atoms with Crippen molar-refractivity contribution in [3.63, 3.8) is 0 Å². The molecule has 0 radical (unpaired) electrons. The van der Waals surface area contributed by atoms with Gasteiger partial charge in [-0.2, -0.15) is 0 Å². The number of anilines is 1. The van der Waals surface area contributed by atoms with E-state index in [9.17, 15) is 9.18 Å². The summed E-state index contributed by atoms with van der Waals surface area (Å²) < 4.78 is 20.2. The minimum Gasteiger partial charge on any atom is -0.465 e. The fourth-order valence-corrected chi connectivity index (χ4v) is 4.27. The third kappa shape index (κ3) is 4.25. The maximum atomic E-state index is 14.0. The Hall–Kier alpha value is -1.86. The number of nitrogens with one attached hydrogen (secondary N) is 1. The molecule has 1 saturated heterocycles. The predicted octanol–water partition coefficient (Wildman–Crippen LogP) is 4.43. The van der Waals surface area contributed by atoms with Crippen LogP contribution in [0.5, 0.6) is 0 Å². The van der Waals surface area contributed by atoms with E-state index in [2.05, 4.69) is 38.0 Å². The fraction of sp³-hybridized carbons (Fsp3) is 0.476. The Morgan fingerprint density at radius 1 is 1.25 bits per heavy atom. The number of likely N-dealkylation sites (N-methyl/N-ethyl adjacent to an activating group) is 1. The highest BCUT2D eigenvalue weighted by Gasteiger charge is 2.25. The first-order valence-electron chi connectivity index (χ1n) is 9.64. The Morgan fingerprint density at radius 2 is 1.93 bits per heavy atom. The minimum absolute atomic E-state index is 0.236. The summed E-state index contributed by atoms with van der Waals surface area (Å²) in [6.45, 7) is 12.4. The molecule has 1 aromatic heterocycles. The van der Waals surface area contributed by atoms with Crippen LogP contribution in [0.2, 0.25) is 0 Å². The van der Waals surface area contributed by atoms with Crippen molar-refractivity contribution < 1.29 is 13.6 Å². The minimum atomic E-state index is -0.344. The lowest BCUT2D eigenvalue weighted by molar-refractivity contribution is 0.0937. The number of hydrogen-bond acceptors (Lipinski definition) is 4. The van der Waals surface area contributed by atoms with Crippen LogP contribution in [0, 0.1) is 19.7 Å². The molecule has 1 amide bonds. The van der Waals surface area contributed by atoms with Crippen molar-refractivity contribution in [2.24, 2.45) is 0 Å². The van der Waals surface area contributed by atoms with E-state index in [1.807, 2.05) is 13.0 Å². The summed E-state index contributed by atoms with van der Waals surface area (Å²) in [5.74, 6) is 0.683. The maximum absolute atomic E-state index is 14.0. The second-order valence-electron chi connectivity index (χ2n) is 7.22. The van der Waals surface area contributed by atoms with Gasteiger partial charge in [0.15, 0.2) is 0 Å². The van der Waals surface area contributed by atoms with Gasteiger partial charge in [-0.3, -0.25) is 4.79 Å². The Morgan fingerprint density at radius 3 is 2.50 bits per heavy atom. The number of carbonyl (C=O) groups excluding carboxylic acids is 1. The van der Waals surface area contributed by atoms with Crippen molar-refractivity contribution in [3.8, 4) is 0 Å². The Labute approximate surface area is 174 Å². The monoisotopic (exact) mass is 451 g/mol. The molecule has 0 bridgehead atoms. The van der Waals surface area contributed by atoms with Crippen LogP contribution in [0.25, 0.3) is 0 Å². The van der Waals surface area contributed by atoms with Gasteiger partial charge in [-0.25, -0.2) is 4.39 Å². The van der Waals surface area contributed by atoms with E-state index in [1.165, 1.54) is 12.1 Å². The molecule has 1 fully saturated rings. The summed E-state index contributed by atoms with van der Waals surface area (Å²) in [5.41, 5.74) is 2.25. The van der Waals surface area contributed by atoms with Gasteiger partial charge in [-0.1, -0.05) is 6.92 Å². The zero-order chi connectivity index (χ0) is 20.4. The molecule has 152 valence electrons. The molecule has 2 heterocycles. The average molecular weight is 452 g/mol. The van der Waals surface area contributed by atoms with Crippen molar-refractivity contribution in [2.45, 2.75) is 33.7 Å². The maximum Gasteiger partial charge on any atom is 0.256 e. The number of halogens is 2. The topological polar surface area (TPSA) is 48.7 Å². The second-order valence-corrected chi connectivity index (χ2v) is 8.02. The first-order valence-corrected chi connectivity index (χ1v) is 10.4. The molecule has 1 N–H and O–H groups in total. The molecule has 1 atom stereocenters. The van der Waals surface area contributed by atoms with E-state index in [1.54, 1.807) is 13.8 Å². The van der Waals surface area contributed by atoms with Crippen LogP contribution in [0.3, 0.4) is 0 Å². The van der Waals surface area contributed by atoms with Gasteiger partial charge in [0.1, 0.15) is 17.3 Å². The number of amides is 1. The van der Waals surface area contributed by atoms with Crippen LogP contribution in [0.15, 0.2) is 27.1 Å². The average Bonchev–Trinajstić information content (AvgIpc) is 2.93. The lowest BCUT2D eigenvalue weighted by Crippen LogP contribution is -2.46. The molecule has 0 spiro atoms. The highest BCUT2D eigenvalue weighted by atomic mass is 79.9. The zero-order valence-corrected chi connectivity index (χ0v) is 18.4. The number of aryl methyl sites for hydroxylation is 2. The van der Waals surface area contributed by atoms with Gasteiger partial charge in [0.25, 0.3) is 5.91 Å². The SMILES string of the molecule is CCN1CCN(c2ccc(F)cc2C(C)NC(=O)c2c(C)oc(C)c2Br)CC1. The standard InChI is InChI=1S/C21H27BrFN3O2/c1-5-25-8-10-26(11-9-25)18-7-6-16(23)12-17(18)13(2)24-21(27)19-14(3)28-15(4)20(19)22/h6-7,12-13H,5,8-11H2,1-4H3,(H,24,27). The molecule has 7 heteroatoms. The normalized spacial score (nSPS) is 16.3. The van der Waals surface area contributed by atoms with Gasteiger partial charge in [0.2, 0.25) is 0 Å². The lowest BCUT2D eigenvalue weighted by atomic mass is 10.0. The molecule has 1 unspecified atom stereocenters. The van der Waals surface area contributed by atoms with Gasteiger partial charge in [-0.05, 0) is 61.4 Å². The highest BCUT2D eigenvalue weighted by molar-refractivity contribution is 9.10. The van der Waals surface area contributed by atoms with Gasteiger partial charge in [-0.15, -0.1) is 0 Å². The van der Waals surface area contributed by atoms with Gasteiger partial charge >= 0.3 is 0 Å². The van der Waals surface area contributed by atoms with Crippen molar-refractivity contribution in [3.05, 3.63) is 51.1 Å². The van der Waals surface area contributed by atoms with Crippen molar-refractivity contribution in [1.82, 2.24) is 10.2 Å². The van der Waals surface area contributed by atoms with Crippen LogP contribution in [0.4, 0.5) is 10.1 Å². The molecule has 0 saturated carbocycles. The van der Waals surface area contributed by atoms with E-state index >= 15 is 0 Å². The van der Waals surface area contributed by atoms with Gasteiger partial charge < -0.3 is 19.5 Å². The van der Waals surface area contributed by atoms with Crippen molar-refractivity contribution >= 4 is 27.5 Å². The molecule has 1 aromatic carbocycles. The molecular formula is C21H27BrFN3O2. The van der Waals surface area contributed by atoms with E-state index in [4.69, 9.17) is 4.42 Å². The first-order chi connectivity index (χ1) is 13.3. The van der Waals surface area contributed by atoms with E-state index < -0.39 is 0 Å². The van der Waals surface area contributed by atoms with Crippen LogP contribution >= 0.6 is 15.9 Å². The third-order valence-corrected chi connectivity index (χ3v) is 6.33. The van der Waals surface area contributed by atoms with Crippen LogP contribution in [-0.4, -0.2) is 43.5 Å². The largest absolute Gasteiger partial charge is 0.465 e. The summed E-state index contributed by atoms with van der Waals surface area (Å²) in [6.07, 6.45) is 0. The number of hydrogen-bond donors (Lipinski definition) is 1. The van der Waals surface area contributed by atoms with Crippen LogP contribution in [-0.2, 0) is 0 Å². The quantitative estimate of drug-likeness (QED) is 0.730. The molecule has 3 rings (SSSR count). The first kappa shape index (κ1) is 20.9. The summed E-state index contributed by atoms with van der Waals surface area (Å²) >= 11 is 3.42. The van der Waals surface area contributed by atoms with Crippen LogP contribution < -0.4 is 10.2 Å². The molecule has 1 aliphatic rings. The molecular weight excluding hydrogens is 425 g/mol. The number of piperazine rings is 1. The van der Waals surface area contributed by atoms with E-state index in [-0.39, 0.29) is 17.8 Å². The Kier molecular flexibility index (Phi) is 6.45. The molecule has 28 heavy (non-hydrogen) atoms. The molecule has 1 aliphatic heterocycles. The van der Waals surface area contributed by atoms with E-state index in [0.29, 0.717) is 21.6 Å². The summed E-state index contributed by atoms with van der Waals surface area (Å²) in [7, 11) is 0. The number of rotatable bonds is 5. The van der Waals surface area contributed by atoms with Gasteiger partial charge in [0, 0.05) is 37.4 Å². The number of furan rings is 1. The Bertz CT molecular complexity index is 860. The van der Waals surface area contributed by atoms with Gasteiger partial charge in [0.05, 0.1) is 16.1 Å². The molecule has 2 aromatic rings. The number of nitrogens with zero attached hydrogens (tertiary/aromatic N) is 2. The van der Waals surface area contributed by atoms with E-state index in [0.717, 1.165) is 44.0 Å². The smallest absolute Gasteiger partial charge is 0.256 e. The predicted molar refractivity (Wildman–Crippen MR) is 112 cm³/mol. The molecule has 0 aliphatic carbocycles. The summed E-state index contributed by atoms with van der Waals surface area (Å²) in [5, 5.41) is 3.00. The second kappa shape index (κ2) is 8.66. The van der Waals surface area contributed by atoms with Crippen molar-refractivity contribution in [1.29, 1.82) is 0 Å². The van der Waals surface area contributed by atoms with Crippen molar-refractivity contribution in [2.75, 3.05) is 37.6 Å². The Balaban J connectivity index is 1.82. The number of carbonyl (C=O) groups is 1. The summed E-state index contributed by atoms with van der Waals surface area (Å²) in [6, 6.07) is 4.48. The summed E-state index contributed by atoms with van der Waals surface area (Å²) in [4.78, 5) is 17.5. The molecule has 5 nitrogen and oxygen atoms in total. The number of benzene rings is 1. The fourth-order valence-electron chi connectivity index (χ4n) is 3.73. The zero-order valence-electron chi connectivity index (χ0n) is 16.8. The van der Waals surface area contributed by atoms with Crippen LogP contribution in [0.1, 0.15) is 47.3 Å². The lowest BCUT2D eigenvalue weighted by Gasteiger charge is -2.37. The highest BCUT2D eigenvalue weighted by Crippen LogP contribution is 2.31. The third-order valence-electron chi connectivity index (χ3n) is 5.38.